The summed E-state index contributed by atoms with van der Waals surface area (Å²) in [7, 11) is 3.21. The van der Waals surface area contributed by atoms with E-state index in [1.165, 1.54) is 0 Å². The lowest BCUT2D eigenvalue weighted by molar-refractivity contribution is 0.355. The van der Waals surface area contributed by atoms with Crippen LogP contribution in [0.3, 0.4) is 0 Å². The standard InChI is InChI=1S/C17H16BrN3O2/c1-22-15-8-7-11(9-16(15)23-2)12-10-20-21(17(12)19)14-6-4-3-5-13(14)18/h3-10H,19H2,1-2H3. The smallest absolute Gasteiger partial charge is 0.161 e. The molecule has 0 spiro atoms. The van der Waals surface area contributed by atoms with Crippen LogP contribution < -0.4 is 15.2 Å². The van der Waals surface area contributed by atoms with E-state index in [9.17, 15) is 0 Å². The third-order valence-electron chi connectivity index (χ3n) is 3.58. The summed E-state index contributed by atoms with van der Waals surface area (Å²) in [4.78, 5) is 0. The lowest BCUT2D eigenvalue weighted by Crippen LogP contribution is -2.03. The number of nitrogen functional groups attached to an aromatic ring is 1. The lowest BCUT2D eigenvalue weighted by atomic mass is 10.1. The van der Waals surface area contributed by atoms with Gasteiger partial charge in [-0.3, -0.25) is 0 Å². The highest BCUT2D eigenvalue weighted by molar-refractivity contribution is 9.10. The molecule has 1 aromatic heterocycles. The van der Waals surface area contributed by atoms with Gasteiger partial charge in [-0.25, -0.2) is 4.68 Å². The fourth-order valence-electron chi connectivity index (χ4n) is 2.40. The number of nitrogens with two attached hydrogens (primary N) is 1. The molecule has 2 N–H and O–H groups in total. The van der Waals surface area contributed by atoms with Crippen LogP contribution in [0.15, 0.2) is 53.1 Å². The molecule has 5 nitrogen and oxygen atoms in total. The number of hydrogen-bond donors (Lipinski definition) is 1. The molecule has 0 aliphatic carbocycles. The Morgan fingerprint density at radius 3 is 2.48 bits per heavy atom. The van der Waals surface area contributed by atoms with Crippen molar-refractivity contribution in [1.29, 1.82) is 0 Å². The Morgan fingerprint density at radius 2 is 1.78 bits per heavy atom. The normalized spacial score (nSPS) is 10.6. The monoisotopic (exact) mass is 373 g/mol. The Bertz CT molecular complexity index is 846. The van der Waals surface area contributed by atoms with E-state index in [4.69, 9.17) is 15.2 Å². The molecule has 0 fully saturated rings. The van der Waals surface area contributed by atoms with Crippen LogP contribution in [0.1, 0.15) is 0 Å². The highest BCUT2D eigenvalue weighted by atomic mass is 79.9. The quantitative estimate of drug-likeness (QED) is 0.753. The van der Waals surface area contributed by atoms with Gasteiger partial charge in [-0.05, 0) is 45.8 Å². The van der Waals surface area contributed by atoms with Gasteiger partial charge in [-0.2, -0.15) is 5.10 Å². The van der Waals surface area contributed by atoms with Gasteiger partial charge in [-0.1, -0.05) is 18.2 Å². The van der Waals surface area contributed by atoms with Crippen LogP contribution in [0.4, 0.5) is 5.82 Å². The molecule has 0 saturated heterocycles. The molecule has 0 radical (unpaired) electrons. The topological polar surface area (TPSA) is 62.3 Å². The predicted octanol–water partition coefficient (Wildman–Crippen LogP) is 3.90. The number of para-hydroxylation sites is 1. The third-order valence-corrected chi connectivity index (χ3v) is 4.25. The Balaban J connectivity index is 2.08. The Hall–Kier alpha value is -2.47. The number of anilines is 1. The fourth-order valence-corrected chi connectivity index (χ4v) is 2.85. The van der Waals surface area contributed by atoms with Crippen LogP contribution in [0, 0.1) is 0 Å². The molecule has 118 valence electrons. The molecule has 3 rings (SSSR count). The summed E-state index contributed by atoms with van der Waals surface area (Å²) in [6.45, 7) is 0. The molecular weight excluding hydrogens is 358 g/mol. The van der Waals surface area contributed by atoms with Crippen molar-refractivity contribution >= 4 is 21.7 Å². The second kappa shape index (κ2) is 6.34. The van der Waals surface area contributed by atoms with Gasteiger partial charge in [0.1, 0.15) is 5.82 Å². The minimum atomic E-state index is 0.559. The van der Waals surface area contributed by atoms with Crippen molar-refractivity contribution in [2.24, 2.45) is 0 Å². The Kier molecular flexibility index (Phi) is 4.25. The molecule has 0 bridgehead atoms. The van der Waals surface area contributed by atoms with E-state index in [0.29, 0.717) is 17.3 Å². The van der Waals surface area contributed by atoms with Crippen LogP contribution in [0.25, 0.3) is 16.8 Å². The van der Waals surface area contributed by atoms with Crippen LogP contribution >= 0.6 is 15.9 Å². The largest absolute Gasteiger partial charge is 0.493 e. The van der Waals surface area contributed by atoms with Crippen molar-refractivity contribution < 1.29 is 9.47 Å². The zero-order valence-electron chi connectivity index (χ0n) is 12.8. The maximum Gasteiger partial charge on any atom is 0.161 e. The average molecular weight is 374 g/mol. The molecule has 0 atom stereocenters. The summed E-state index contributed by atoms with van der Waals surface area (Å²) in [5.74, 6) is 1.88. The lowest BCUT2D eigenvalue weighted by Gasteiger charge is -2.10. The first kappa shape index (κ1) is 15.4. The number of halogens is 1. The number of ether oxygens (including phenoxy) is 2. The number of benzene rings is 2. The fraction of sp³-hybridized carbons (Fsp3) is 0.118. The molecule has 0 amide bonds. The van der Waals surface area contributed by atoms with Crippen molar-refractivity contribution in [1.82, 2.24) is 9.78 Å². The predicted molar refractivity (Wildman–Crippen MR) is 94.2 cm³/mol. The van der Waals surface area contributed by atoms with Crippen LogP contribution in [0.2, 0.25) is 0 Å². The number of rotatable bonds is 4. The third kappa shape index (κ3) is 2.77. The summed E-state index contributed by atoms with van der Waals surface area (Å²) in [6.07, 6.45) is 1.75. The van der Waals surface area contributed by atoms with Crippen LogP contribution in [-0.4, -0.2) is 24.0 Å². The molecular formula is C17H16BrN3O2. The Morgan fingerprint density at radius 1 is 1.04 bits per heavy atom. The first-order valence-corrected chi connectivity index (χ1v) is 7.75. The van der Waals surface area contributed by atoms with Gasteiger partial charge in [0.25, 0.3) is 0 Å². The summed E-state index contributed by atoms with van der Waals surface area (Å²) in [5.41, 5.74) is 8.94. The molecule has 0 aliphatic heterocycles. The zero-order chi connectivity index (χ0) is 16.4. The SMILES string of the molecule is COc1ccc(-c2cnn(-c3ccccc3Br)c2N)cc1OC. The Labute approximate surface area is 142 Å². The van der Waals surface area contributed by atoms with Gasteiger partial charge in [0.2, 0.25) is 0 Å². The number of hydrogen-bond acceptors (Lipinski definition) is 4. The first-order valence-electron chi connectivity index (χ1n) is 6.96. The van der Waals surface area contributed by atoms with Gasteiger partial charge in [0.05, 0.1) is 26.1 Å². The minimum absolute atomic E-state index is 0.559. The molecule has 6 heteroatoms. The van der Waals surface area contributed by atoms with Crippen LogP contribution in [-0.2, 0) is 0 Å². The van der Waals surface area contributed by atoms with Crippen molar-refractivity contribution in [3.63, 3.8) is 0 Å². The van der Waals surface area contributed by atoms with Gasteiger partial charge in [0, 0.05) is 10.0 Å². The first-order chi connectivity index (χ1) is 11.2. The molecule has 0 unspecified atom stereocenters. The molecule has 0 aliphatic rings. The zero-order valence-corrected chi connectivity index (χ0v) is 14.4. The van der Waals surface area contributed by atoms with E-state index < -0.39 is 0 Å². The maximum atomic E-state index is 6.31. The van der Waals surface area contributed by atoms with Gasteiger partial charge >= 0.3 is 0 Å². The maximum absolute atomic E-state index is 6.31. The number of methoxy groups -OCH3 is 2. The molecule has 23 heavy (non-hydrogen) atoms. The second-order valence-corrected chi connectivity index (χ2v) is 5.73. The van der Waals surface area contributed by atoms with Crippen molar-refractivity contribution in [2.45, 2.75) is 0 Å². The molecule has 0 saturated carbocycles. The number of aromatic nitrogens is 2. The second-order valence-electron chi connectivity index (χ2n) is 4.88. The molecule has 1 heterocycles. The summed E-state index contributed by atoms with van der Waals surface area (Å²) >= 11 is 3.52. The number of nitrogens with zero attached hydrogens (tertiary/aromatic N) is 2. The van der Waals surface area contributed by atoms with Crippen molar-refractivity contribution in [3.8, 4) is 28.3 Å². The molecule has 3 aromatic rings. The van der Waals surface area contributed by atoms with Gasteiger partial charge < -0.3 is 15.2 Å². The summed E-state index contributed by atoms with van der Waals surface area (Å²) < 4.78 is 13.2. The minimum Gasteiger partial charge on any atom is -0.493 e. The van der Waals surface area contributed by atoms with E-state index in [2.05, 4.69) is 21.0 Å². The summed E-state index contributed by atoms with van der Waals surface area (Å²) in [6, 6.07) is 13.5. The van der Waals surface area contributed by atoms with E-state index in [-0.39, 0.29) is 0 Å². The van der Waals surface area contributed by atoms with E-state index in [0.717, 1.165) is 21.3 Å². The highest BCUT2D eigenvalue weighted by Gasteiger charge is 2.14. The van der Waals surface area contributed by atoms with Crippen molar-refractivity contribution in [3.05, 3.63) is 53.1 Å². The van der Waals surface area contributed by atoms with E-state index >= 15 is 0 Å². The summed E-state index contributed by atoms with van der Waals surface area (Å²) in [5, 5.41) is 4.41. The molecule has 2 aromatic carbocycles. The van der Waals surface area contributed by atoms with Gasteiger partial charge in [-0.15, -0.1) is 0 Å². The van der Waals surface area contributed by atoms with E-state index in [1.807, 2.05) is 42.5 Å². The average Bonchev–Trinajstić information content (AvgIpc) is 2.96. The van der Waals surface area contributed by atoms with Crippen LogP contribution in [0.5, 0.6) is 11.5 Å². The van der Waals surface area contributed by atoms with E-state index in [1.54, 1.807) is 25.1 Å². The van der Waals surface area contributed by atoms with Crippen molar-refractivity contribution in [2.75, 3.05) is 20.0 Å². The van der Waals surface area contributed by atoms with Gasteiger partial charge in [0.15, 0.2) is 11.5 Å². The highest BCUT2D eigenvalue weighted by Crippen LogP contribution is 2.35.